The summed E-state index contributed by atoms with van der Waals surface area (Å²) in [6, 6.07) is 2.89. The lowest BCUT2D eigenvalue weighted by atomic mass is 9.88. The van der Waals surface area contributed by atoms with Crippen LogP contribution in [0.1, 0.15) is 28.8 Å². The molecule has 0 bridgehead atoms. The van der Waals surface area contributed by atoms with Crippen LogP contribution >= 0.6 is 15.9 Å². The minimum absolute atomic E-state index is 0.306. The number of rotatable bonds is 4. The lowest BCUT2D eigenvalue weighted by molar-refractivity contribution is -0.0901. The van der Waals surface area contributed by atoms with E-state index in [2.05, 4.69) is 26.3 Å². The Morgan fingerprint density at radius 2 is 2.32 bits per heavy atom. The van der Waals surface area contributed by atoms with Crippen molar-refractivity contribution in [3.8, 4) is 0 Å². The molecular formula is C14H14BrF2N3O2. The zero-order valence-corrected chi connectivity index (χ0v) is 13.4. The minimum Gasteiger partial charge on any atom is -0.380 e. The van der Waals surface area contributed by atoms with E-state index in [1.54, 1.807) is 23.8 Å². The van der Waals surface area contributed by atoms with Gasteiger partial charge in [0.25, 0.3) is 11.8 Å². The maximum absolute atomic E-state index is 12.8. The fraction of sp³-hybridized carbons (Fsp3) is 0.429. The number of ether oxygens (including phenoxy) is 1. The van der Waals surface area contributed by atoms with Crippen molar-refractivity contribution in [2.24, 2.45) is 0 Å². The molecular weight excluding hydrogens is 360 g/mol. The first-order chi connectivity index (χ1) is 10.4. The van der Waals surface area contributed by atoms with Crippen LogP contribution in [0.5, 0.6) is 0 Å². The summed E-state index contributed by atoms with van der Waals surface area (Å²) in [6.45, 7) is 0.375. The Bertz CT molecular complexity index is 724. The summed E-state index contributed by atoms with van der Waals surface area (Å²) in [5.74, 6) is -3.03. The number of alkyl halides is 2. The Labute approximate surface area is 133 Å². The van der Waals surface area contributed by atoms with Gasteiger partial charge in [-0.3, -0.25) is 4.79 Å². The molecule has 5 nitrogen and oxygen atoms in total. The number of nitrogens with one attached hydrogen (secondary N) is 1. The Morgan fingerprint density at radius 3 is 2.95 bits per heavy atom. The highest BCUT2D eigenvalue weighted by atomic mass is 79.9. The molecule has 118 valence electrons. The normalized spacial score (nSPS) is 17.5. The molecule has 0 aliphatic heterocycles. The molecule has 2 aromatic heterocycles. The molecule has 1 aliphatic rings. The van der Waals surface area contributed by atoms with Crippen molar-refractivity contribution in [1.82, 2.24) is 14.9 Å². The number of fused-ring (bicyclic) bond motifs is 1. The molecule has 8 heteroatoms. The first kappa shape index (κ1) is 15.4. The van der Waals surface area contributed by atoms with E-state index in [4.69, 9.17) is 4.74 Å². The van der Waals surface area contributed by atoms with Crippen LogP contribution in [0.2, 0.25) is 0 Å². The van der Waals surface area contributed by atoms with E-state index < -0.39 is 12.0 Å². The highest BCUT2D eigenvalue weighted by Gasteiger charge is 2.46. The van der Waals surface area contributed by atoms with Crippen molar-refractivity contribution in [2.75, 3.05) is 7.11 Å². The number of methoxy groups -OCH3 is 1. The summed E-state index contributed by atoms with van der Waals surface area (Å²) in [4.78, 5) is 12.3. The van der Waals surface area contributed by atoms with Gasteiger partial charge < -0.3 is 10.1 Å². The summed E-state index contributed by atoms with van der Waals surface area (Å²) < 4.78 is 33.1. The summed E-state index contributed by atoms with van der Waals surface area (Å²) in [5.41, 5.74) is 1.85. The van der Waals surface area contributed by atoms with E-state index in [-0.39, 0.29) is 18.7 Å². The van der Waals surface area contributed by atoms with Crippen molar-refractivity contribution in [3.05, 3.63) is 34.1 Å². The van der Waals surface area contributed by atoms with Crippen LogP contribution < -0.4 is 5.32 Å². The number of hydrogen-bond acceptors (Lipinski definition) is 3. The molecule has 0 spiro atoms. The van der Waals surface area contributed by atoms with E-state index in [9.17, 15) is 13.6 Å². The maximum Gasteiger partial charge on any atom is 0.253 e. The molecule has 1 N–H and O–H groups in total. The molecule has 1 aliphatic carbocycles. The Morgan fingerprint density at radius 1 is 1.59 bits per heavy atom. The molecule has 0 saturated heterocycles. The SMILES string of the molecule is COCc1cc2c(C(=O)NC3CC(F)(F)C3)ccnn2c1Br. The second-order valence-electron chi connectivity index (χ2n) is 5.37. The largest absolute Gasteiger partial charge is 0.380 e. The van der Waals surface area contributed by atoms with Crippen molar-refractivity contribution >= 4 is 27.4 Å². The highest BCUT2D eigenvalue weighted by Crippen LogP contribution is 2.37. The van der Waals surface area contributed by atoms with Gasteiger partial charge >= 0.3 is 0 Å². The van der Waals surface area contributed by atoms with Gasteiger partial charge in [-0.25, -0.2) is 13.3 Å². The number of hydrogen-bond donors (Lipinski definition) is 1. The van der Waals surface area contributed by atoms with E-state index in [1.165, 1.54) is 6.20 Å². The van der Waals surface area contributed by atoms with Crippen molar-refractivity contribution < 1.29 is 18.3 Å². The standard InChI is InChI=1S/C14H14BrF2N3O2/c1-22-7-8-4-11-10(2-3-18-20(11)12(8)15)13(21)19-9-5-14(16,17)6-9/h2-4,9H,5-7H2,1H3,(H,19,21). The fourth-order valence-corrected chi connectivity index (χ4v) is 3.08. The Balaban J connectivity index is 1.87. The predicted octanol–water partition coefficient (Wildman–Crippen LogP) is 2.77. The van der Waals surface area contributed by atoms with E-state index in [0.29, 0.717) is 22.3 Å². The van der Waals surface area contributed by atoms with E-state index in [1.807, 2.05) is 0 Å². The monoisotopic (exact) mass is 373 g/mol. The topological polar surface area (TPSA) is 55.6 Å². The van der Waals surface area contributed by atoms with Crippen LogP contribution in [-0.2, 0) is 11.3 Å². The Hall–Kier alpha value is -1.54. The first-order valence-electron chi connectivity index (χ1n) is 6.74. The van der Waals surface area contributed by atoms with Crippen LogP contribution in [0.4, 0.5) is 8.78 Å². The van der Waals surface area contributed by atoms with Gasteiger partial charge in [0.05, 0.1) is 17.7 Å². The van der Waals surface area contributed by atoms with Crippen LogP contribution in [-0.4, -0.2) is 34.6 Å². The molecule has 1 fully saturated rings. The third kappa shape index (κ3) is 2.72. The van der Waals surface area contributed by atoms with Gasteiger partial charge in [-0.05, 0) is 28.1 Å². The summed E-state index contributed by atoms with van der Waals surface area (Å²) in [7, 11) is 1.58. The van der Waals surface area contributed by atoms with Gasteiger partial charge in [-0.1, -0.05) is 0 Å². The second kappa shape index (κ2) is 5.58. The lowest BCUT2D eigenvalue weighted by Gasteiger charge is -2.35. The van der Waals surface area contributed by atoms with Gasteiger partial charge in [0.15, 0.2) is 0 Å². The minimum atomic E-state index is -2.66. The zero-order valence-electron chi connectivity index (χ0n) is 11.8. The average Bonchev–Trinajstić information content (AvgIpc) is 2.74. The van der Waals surface area contributed by atoms with Crippen molar-refractivity contribution in [3.63, 3.8) is 0 Å². The third-order valence-corrected chi connectivity index (χ3v) is 4.50. The van der Waals surface area contributed by atoms with Crippen LogP contribution in [0.25, 0.3) is 5.52 Å². The molecule has 0 atom stereocenters. The van der Waals surface area contributed by atoms with Gasteiger partial charge in [-0.2, -0.15) is 5.10 Å². The molecule has 3 rings (SSSR count). The quantitative estimate of drug-likeness (QED) is 0.896. The number of amides is 1. The summed E-state index contributed by atoms with van der Waals surface area (Å²) in [5, 5.41) is 6.81. The van der Waals surface area contributed by atoms with E-state index >= 15 is 0 Å². The number of carbonyl (C=O) groups excluding carboxylic acids is 1. The molecule has 0 aromatic carbocycles. The third-order valence-electron chi connectivity index (χ3n) is 3.66. The number of halogens is 3. The molecule has 22 heavy (non-hydrogen) atoms. The zero-order chi connectivity index (χ0) is 15.9. The van der Waals surface area contributed by atoms with E-state index in [0.717, 1.165) is 5.56 Å². The predicted molar refractivity (Wildman–Crippen MR) is 79.0 cm³/mol. The molecule has 0 radical (unpaired) electrons. The van der Waals surface area contributed by atoms with Crippen LogP contribution in [0.3, 0.4) is 0 Å². The molecule has 1 amide bonds. The molecule has 2 aromatic rings. The van der Waals surface area contributed by atoms with Gasteiger partial charge in [0.2, 0.25) is 0 Å². The fourth-order valence-electron chi connectivity index (χ4n) is 2.57. The average molecular weight is 374 g/mol. The number of nitrogens with zero attached hydrogens (tertiary/aromatic N) is 2. The second-order valence-corrected chi connectivity index (χ2v) is 6.12. The smallest absolute Gasteiger partial charge is 0.253 e. The van der Waals surface area contributed by atoms with Gasteiger partial charge in [0, 0.05) is 37.8 Å². The number of carbonyl (C=O) groups is 1. The van der Waals surface area contributed by atoms with Crippen molar-refractivity contribution in [2.45, 2.75) is 31.4 Å². The lowest BCUT2D eigenvalue weighted by Crippen LogP contribution is -2.50. The number of aromatic nitrogens is 2. The molecule has 0 unspecified atom stereocenters. The Kier molecular flexibility index (Phi) is 3.90. The van der Waals surface area contributed by atoms with Crippen LogP contribution in [0.15, 0.2) is 22.9 Å². The van der Waals surface area contributed by atoms with Gasteiger partial charge in [0.1, 0.15) is 4.60 Å². The summed E-state index contributed by atoms with van der Waals surface area (Å²) >= 11 is 3.42. The molecule has 2 heterocycles. The molecule has 1 saturated carbocycles. The van der Waals surface area contributed by atoms with Gasteiger partial charge in [-0.15, -0.1) is 0 Å². The summed E-state index contributed by atoms with van der Waals surface area (Å²) in [6.07, 6.45) is 0.887. The maximum atomic E-state index is 12.8. The van der Waals surface area contributed by atoms with Crippen molar-refractivity contribution in [1.29, 1.82) is 0 Å². The highest BCUT2D eigenvalue weighted by molar-refractivity contribution is 9.10. The van der Waals surface area contributed by atoms with Crippen LogP contribution in [0, 0.1) is 0 Å². The first-order valence-corrected chi connectivity index (χ1v) is 7.53.